The molecular weight excluding hydrogens is 293 g/mol. The van der Waals surface area contributed by atoms with Crippen molar-refractivity contribution in [1.29, 1.82) is 0 Å². The number of rotatable bonds is 4. The van der Waals surface area contributed by atoms with Gasteiger partial charge < -0.3 is 4.74 Å². The van der Waals surface area contributed by atoms with E-state index >= 15 is 0 Å². The zero-order valence-electron chi connectivity index (χ0n) is 12.0. The van der Waals surface area contributed by atoms with Crippen LogP contribution in [-0.2, 0) is 10.0 Å². The van der Waals surface area contributed by atoms with Crippen LogP contribution >= 0.6 is 0 Å². The average Bonchev–Trinajstić information content (AvgIpc) is 2.42. The van der Waals surface area contributed by atoms with Gasteiger partial charge in [0, 0.05) is 0 Å². The average molecular weight is 309 g/mol. The summed E-state index contributed by atoms with van der Waals surface area (Å²) in [6.45, 7) is 3.39. The lowest BCUT2D eigenvalue weighted by Crippen LogP contribution is -2.14. The van der Waals surface area contributed by atoms with E-state index in [9.17, 15) is 12.8 Å². The van der Waals surface area contributed by atoms with E-state index in [-0.39, 0.29) is 16.3 Å². The molecule has 0 amide bonds. The van der Waals surface area contributed by atoms with Crippen molar-refractivity contribution in [3.05, 3.63) is 53.3 Å². The molecule has 0 heterocycles. The molecule has 0 aromatic heterocycles. The van der Waals surface area contributed by atoms with Crippen molar-refractivity contribution in [1.82, 2.24) is 0 Å². The number of hydrogen-bond acceptors (Lipinski definition) is 3. The van der Waals surface area contributed by atoms with Crippen molar-refractivity contribution < 1.29 is 17.5 Å². The third-order valence-corrected chi connectivity index (χ3v) is 4.44. The molecule has 0 saturated carbocycles. The zero-order valence-corrected chi connectivity index (χ0v) is 12.8. The van der Waals surface area contributed by atoms with Gasteiger partial charge in [-0.15, -0.1) is 0 Å². The first-order chi connectivity index (χ1) is 9.83. The Morgan fingerprint density at radius 2 is 1.81 bits per heavy atom. The van der Waals surface area contributed by atoms with E-state index in [2.05, 4.69) is 4.72 Å². The predicted molar refractivity (Wildman–Crippen MR) is 79.7 cm³/mol. The van der Waals surface area contributed by atoms with Crippen LogP contribution in [0.25, 0.3) is 0 Å². The first-order valence-electron chi connectivity index (χ1n) is 6.27. The van der Waals surface area contributed by atoms with E-state index < -0.39 is 15.8 Å². The molecule has 2 aromatic carbocycles. The molecule has 0 radical (unpaired) electrons. The van der Waals surface area contributed by atoms with E-state index in [1.54, 1.807) is 26.0 Å². The Kier molecular flexibility index (Phi) is 4.18. The van der Waals surface area contributed by atoms with Gasteiger partial charge in [-0.2, -0.15) is 0 Å². The SMILES string of the molecule is COc1ccc(C)cc1S(=O)(=O)Nc1ccc(C)c(F)c1. The number of methoxy groups -OCH3 is 1. The highest BCUT2D eigenvalue weighted by atomic mass is 32.2. The Balaban J connectivity index is 2.42. The van der Waals surface area contributed by atoms with Crippen LogP contribution in [-0.4, -0.2) is 15.5 Å². The summed E-state index contributed by atoms with van der Waals surface area (Å²) in [7, 11) is -2.45. The van der Waals surface area contributed by atoms with Gasteiger partial charge in [-0.05, 0) is 49.2 Å². The molecule has 1 N–H and O–H groups in total. The Hall–Kier alpha value is -2.08. The number of sulfonamides is 1. The fraction of sp³-hybridized carbons (Fsp3) is 0.200. The van der Waals surface area contributed by atoms with Crippen molar-refractivity contribution in [3.8, 4) is 5.75 Å². The maximum Gasteiger partial charge on any atom is 0.265 e. The molecule has 2 aromatic rings. The fourth-order valence-corrected chi connectivity index (χ4v) is 3.16. The maximum atomic E-state index is 13.5. The lowest BCUT2D eigenvalue weighted by molar-refractivity contribution is 0.402. The van der Waals surface area contributed by atoms with Gasteiger partial charge >= 0.3 is 0 Å². The normalized spacial score (nSPS) is 11.2. The topological polar surface area (TPSA) is 55.4 Å². The van der Waals surface area contributed by atoms with Crippen LogP contribution < -0.4 is 9.46 Å². The van der Waals surface area contributed by atoms with Crippen molar-refractivity contribution in [2.24, 2.45) is 0 Å². The Morgan fingerprint density at radius 3 is 2.43 bits per heavy atom. The third-order valence-electron chi connectivity index (χ3n) is 3.03. The zero-order chi connectivity index (χ0) is 15.6. The number of ether oxygens (including phenoxy) is 1. The van der Waals surface area contributed by atoms with Crippen LogP contribution in [0.15, 0.2) is 41.3 Å². The number of hydrogen-bond donors (Lipinski definition) is 1. The van der Waals surface area contributed by atoms with E-state index in [0.29, 0.717) is 5.56 Å². The predicted octanol–water partition coefficient (Wildman–Crippen LogP) is 3.25. The van der Waals surface area contributed by atoms with Crippen molar-refractivity contribution in [3.63, 3.8) is 0 Å². The third kappa shape index (κ3) is 3.33. The molecule has 0 aliphatic carbocycles. The van der Waals surface area contributed by atoms with Crippen LogP contribution in [0, 0.1) is 19.7 Å². The van der Waals surface area contributed by atoms with Gasteiger partial charge in [-0.1, -0.05) is 12.1 Å². The summed E-state index contributed by atoms with van der Waals surface area (Å²) in [5.74, 6) is -0.230. The first-order valence-corrected chi connectivity index (χ1v) is 7.75. The fourth-order valence-electron chi connectivity index (χ4n) is 1.86. The summed E-state index contributed by atoms with van der Waals surface area (Å²) in [4.78, 5) is 0.0194. The van der Waals surface area contributed by atoms with Crippen LogP contribution in [0.1, 0.15) is 11.1 Å². The molecule has 0 unspecified atom stereocenters. The molecule has 0 aliphatic heterocycles. The van der Waals surface area contributed by atoms with E-state index in [1.165, 1.54) is 25.3 Å². The lowest BCUT2D eigenvalue weighted by Gasteiger charge is -2.12. The minimum Gasteiger partial charge on any atom is -0.495 e. The van der Waals surface area contributed by atoms with Crippen LogP contribution in [0.5, 0.6) is 5.75 Å². The van der Waals surface area contributed by atoms with Gasteiger partial charge in [0.2, 0.25) is 0 Å². The summed E-state index contributed by atoms with van der Waals surface area (Å²) in [6, 6.07) is 9.02. The Labute approximate surface area is 123 Å². The Morgan fingerprint density at radius 1 is 1.10 bits per heavy atom. The molecule has 0 atom stereocenters. The maximum absolute atomic E-state index is 13.5. The molecule has 6 heteroatoms. The quantitative estimate of drug-likeness (QED) is 0.943. The van der Waals surface area contributed by atoms with Gasteiger partial charge in [0.05, 0.1) is 12.8 Å². The van der Waals surface area contributed by atoms with E-state index in [4.69, 9.17) is 4.74 Å². The number of nitrogens with one attached hydrogen (secondary N) is 1. The van der Waals surface area contributed by atoms with Crippen molar-refractivity contribution in [2.45, 2.75) is 18.7 Å². The van der Waals surface area contributed by atoms with Gasteiger partial charge in [-0.3, -0.25) is 4.72 Å². The molecule has 0 spiro atoms. The molecule has 112 valence electrons. The van der Waals surface area contributed by atoms with Gasteiger partial charge in [0.25, 0.3) is 10.0 Å². The highest BCUT2D eigenvalue weighted by Crippen LogP contribution is 2.27. The molecule has 0 aliphatic rings. The van der Waals surface area contributed by atoms with Gasteiger partial charge in [-0.25, -0.2) is 12.8 Å². The minimum absolute atomic E-state index is 0.0194. The molecule has 2 rings (SSSR count). The molecule has 0 fully saturated rings. The summed E-state index contributed by atoms with van der Waals surface area (Å²) in [5.41, 5.74) is 1.40. The number of benzene rings is 2. The van der Waals surface area contributed by atoms with Crippen LogP contribution in [0.3, 0.4) is 0 Å². The number of halogens is 1. The second-order valence-corrected chi connectivity index (χ2v) is 6.37. The standard InChI is InChI=1S/C15H16FNO3S/c1-10-4-7-14(20-3)15(8-10)21(18,19)17-12-6-5-11(2)13(16)9-12/h4-9,17H,1-3H3. The molecule has 0 saturated heterocycles. The second-order valence-electron chi connectivity index (χ2n) is 4.72. The largest absolute Gasteiger partial charge is 0.495 e. The first kappa shape index (κ1) is 15.3. The molecular formula is C15H16FNO3S. The lowest BCUT2D eigenvalue weighted by atomic mass is 10.2. The van der Waals surface area contributed by atoms with Crippen LogP contribution in [0.2, 0.25) is 0 Å². The highest BCUT2D eigenvalue weighted by Gasteiger charge is 2.20. The monoisotopic (exact) mass is 309 g/mol. The number of anilines is 1. The minimum atomic E-state index is -3.85. The smallest absolute Gasteiger partial charge is 0.265 e. The van der Waals surface area contributed by atoms with Crippen molar-refractivity contribution >= 4 is 15.7 Å². The van der Waals surface area contributed by atoms with E-state index in [1.807, 2.05) is 0 Å². The summed E-state index contributed by atoms with van der Waals surface area (Å²) in [5, 5.41) is 0. The molecule has 4 nitrogen and oxygen atoms in total. The Bertz CT molecular complexity index is 772. The molecule has 21 heavy (non-hydrogen) atoms. The summed E-state index contributed by atoms with van der Waals surface area (Å²) >= 11 is 0. The number of aryl methyl sites for hydroxylation is 2. The van der Waals surface area contributed by atoms with E-state index in [0.717, 1.165) is 11.6 Å². The summed E-state index contributed by atoms with van der Waals surface area (Å²) < 4.78 is 45.8. The highest BCUT2D eigenvalue weighted by molar-refractivity contribution is 7.92. The van der Waals surface area contributed by atoms with Crippen LogP contribution in [0.4, 0.5) is 10.1 Å². The summed E-state index contributed by atoms with van der Waals surface area (Å²) in [6.07, 6.45) is 0. The van der Waals surface area contributed by atoms with Crippen molar-refractivity contribution in [2.75, 3.05) is 11.8 Å². The molecule has 0 bridgehead atoms. The van der Waals surface area contributed by atoms with Gasteiger partial charge in [0.15, 0.2) is 0 Å². The van der Waals surface area contributed by atoms with Gasteiger partial charge in [0.1, 0.15) is 16.5 Å². The second kappa shape index (κ2) is 5.73.